The predicted octanol–water partition coefficient (Wildman–Crippen LogP) is 3.38. The van der Waals surface area contributed by atoms with Gasteiger partial charge in [-0.15, -0.1) is 24.0 Å². The van der Waals surface area contributed by atoms with Crippen molar-refractivity contribution in [1.29, 1.82) is 0 Å². The fraction of sp³-hybridized carbons (Fsp3) is 0.444. The van der Waals surface area contributed by atoms with Crippen LogP contribution in [-0.4, -0.2) is 29.3 Å². The zero-order valence-corrected chi connectivity index (χ0v) is 17.5. The van der Waals surface area contributed by atoms with E-state index in [2.05, 4.69) is 64.8 Å². The normalized spacial score (nSPS) is 10.9. The molecule has 0 radical (unpaired) electrons. The number of aliphatic imine (C=N–C) groups is 1. The molecule has 2 rings (SSSR count). The summed E-state index contributed by atoms with van der Waals surface area (Å²) in [6.45, 7) is 8.98. The van der Waals surface area contributed by atoms with E-state index in [0.717, 1.165) is 42.5 Å². The van der Waals surface area contributed by atoms with Crippen molar-refractivity contribution in [2.75, 3.05) is 13.2 Å². The highest BCUT2D eigenvalue weighted by molar-refractivity contribution is 14.0. The average molecular weight is 457 g/mol. The van der Waals surface area contributed by atoms with E-state index in [1.807, 2.05) is 6.07 Å². The quantitative estimate of drug-likeness (QED) is 0.323. The minimum Gasteiger partial charge on any atom is -0.493 e. The number of aryl methyl sites for hydroxylation is 1. The summed E-state index contributed by atoms with van der Waals surface area (Å²) in [5, 5.41) is 13.4. The molecule has 1 aromatic heterocycles. The van der Waals surface area contributed by atoms with Gasteiger partial charge < -0.3 is 15.4 Å². The van der Waals surface area contributed by atoms with Crippen molar-refractivity contribution in [2.24, 2.45) is 4.99 Å². The number of ether oxygens (including phenoxy) is 1. The standard InChI is InChI=1S/C18H27N5O.HI/c1-4-10-24-17-11-14(3)6-7-15(17)12-20-18(19-5-2)21-13-16-8-9-22-23-16;/h6-9,11H,4-5,10,12-13H2,1-3H3,(H,22,23)(H2,19,20,21);1H. The zero-order chi connectivity index (χ0) is 17.2. The van der Waals surface area contributed by atoms with E-state index >= 15 is 0 Å². The van der Waals surface area contributed by atoms with Gasteiger partial charge in [0.15, 0.2) is 5.96 Å². The fourth-order valence-electron chi connectivity index (χ4n) is 2.21. The minimum atomic E-state index is 0. The number of aromatic nitrogens is 2. The Morgan fingerprint density at radius 1 is 1.24 bits per heavy atom. The number of aromatic amines is 1. The topological polar surface area (TPSA) is 74.3 Å². The van der Waals surface area contributed by atoms with Crippen LogP contribution in [-0.2, 0) is 13.1 Å². The summed E-state index contributed by atoms with van der Waals surface area (Å²) in [4.78, 5) is 4.66. The molecule has 6 nitrogen and oxygen atoms in total. The van der Waals surface area contributed by atoms with Gasteiger partial charge in [0.2, 0.25) is 0 Å². The molecule has 0 saturated heterocycles. The van der Waals surface area contributed by atoms with E-state index in [1.54, 1.807) is 6.20 Å². The van der Waals surface area contributed by atoms with Gasteiger partial charge in [-0.2, -0.15) is 5.10 Å². The van der Waals surface area contributed by atoms with Crippen LogP contribution in [0.5, 0.6) is 5.75 Å². The van der Waals surface area contributed by atoms with Crippen LogP contribution in [0.3, 0.4) is 0 Å². The van der Waals surface area contributed by atoms with Gasteiger partial charge in [0.05, 0.1) is 25.4 Å². The Hall–Kier alpha value is -1.77. The zero-order valence-electron chi connectivity index (χ0n) is 15.1. The number of rotatable bonds is 8. The molecule has 0 unspecified atom stereocenters. The number of nitrogens with zero attached hydrogens (tertiary/aromatic N) is 2. The highest BCUT2D eigenvalue weighted by Gasteiger charge is 2.05. The molecular weight excluding hydrogens is 429 g/mol. The number of nitrogens with one attached hydrogen (secondary N) is 3. The molecule has 7 heteroatoms. The van der Waals surface area contributed by atoms with Gasteiger partial charge in [0.25, 0.3) is 0 Å². The molecule has 25 heavy (non-hydrogen) atoms. The monoisotopic (exact) mass is 457 g/mol. The Balaban J connectivity index is 0.00000312. The van der Waals surface area contributed by atoms with Gasteiger partial charge in [-0.1, -0.05) is 19.1 Å². The first-order valence-corrected chi connectivity index (χ1v) is 8.45. The van der Waals surface area contributed by atoms with Crippen molar-refractivity contribution in [3.63, 3.8) is 0 Å². The number of guanidine groups is 1. The third kappa shape index (κ3) is 7.33. The smallest absolute Gasteiger partial charge is 0.191 e. The highest BCUT2D eigenvalue weighted by atomic mass is 127. The van der Waals surface area contributed by atoms with E-state index in [9.17, 15) is 0 Å². The molecule has 1 aromatic carbocycles. The minimum absolute atomic E-state index is 0. The molecule has 0 bridgehead atoms. The Labute approximate surface area is 166 Å². The molecule has 1 heterocycles. The van der Waals surface area contributed by atoms with Crippen molar-refractivity contribution < 1.29 is 4.74 Å². The van der Waals surface area contributed by atoms with Crippen LogP contribution < -0.4 is 15.4 Å². The molecule has 0 saturated carbocycles. The van der Waals surface area contributed by atoms with Gasteiger partial charge in [-0.25, -0.2) is 4.99 Å². The molecular formula is C18H28IN5O. The number of halogens is 1. The lowest BCUT2D eigenvalue weighted by Crippen LogP contribution is -2.36. The van der Waals surface area contributed by atoms with Crippen molar-refractivity contribution in [2.45, 2.75) is 40.3 Å². The van der Waals surface area contributed by atoms with Gasteiger partial charge >= 0.3 is 0 Å². The first-order valence-electron chi connectivity index (χ1n) is 8.45. The fourth-order valence-corrected chi connectivity index (χ4v) is 2.21. The van der Waals surface area contributed by atoms with Crippen LogP contribution >= 0.6 is 24.0 Å². The van der Waals surface area contributed by atoms with E-state index in [1.165, 1.54) is 5.56 Å². The lowest BCUT2D eigenvalue weighted by molar-refractivity contribution is 0.314. The van der Waals surface area contributed by atoms with E-state index < -0.39 is 0 Å². The summed E-state index contributed by atoms with van der Waals surface area (Å²) >= 11 is 0. The molecule has 3 N–H and O–H groups in total. The maximum atomic E-state index is 5.85. The Bertz CT molecular complexity index is 643. The second-order valence-corrected chi connectivity index (χ2v) is 5.59. The summed E-state index contributed by atoms with van der Waals surface area (Å²) in [7, 11) is 0. The number of H-pyrrole nitrogens is 1. The SMILES string of the molecule is CCCOc1cc(C)ccc1CN=C(NCC)NCc1ccn[nH]1.I. The van der Waals surface area contributed by atoms with Crippen LogP contribution in [0.4, 0.5) is 0 Å². The highest BCUT2D eigenvalue weighted by Crippen LogP contribution is 2.21. The third-order valence-corrected chi connectivity index (χ3v) is 3.44. The molecule has 0 aliphatic heterocycles. The number of hydrogen-bond donors (Lipinski definition) is 3. The van der Waals surface area contributed by atoms with Crippen LogP contribution in [0.2, 0.25) is 0 Å². The maximum Gasteiger partial charge on any atom is 0.191 e. The van der Waals surface area contributed by atoms with Crippen LogP contribution in [0.15, 0.2) is 35.5 Å². The molecule has 0 aliphatic carbocycles. The van der Waals surface area contributed by atoms with Gasteiger partial charge in [0, 0.05) is 18.3 Å². The van der Waals surface area contributed by atoms with E-state index in [4.69, 9.17) is 4.74 Å². The van der Waals surface area contributed by atoms with Crippen molar-refractivity contribution in [3.05, 3.63) is 47.3 Å². The molecule has 0 aliphatic rings. The Morgan fingerprint density at radius 2 is 2.08 bits per heavy atom. The molecule has 0 spiro atoms. The van der Waals surface area contributed by atoms with Crippen molar-refractivity contribution in [3.8, 4) is 5.75 Å². The second kappa shape index (κ2) is 11.7. The van der Waals surface area contributed by atoms with E-state index in [0.29, 0.717) is 13.1 Å². The van der Waals surface area contributed by atoms with Crippen molar-refractivity contribution >= 4 is 29.9 Å². The van der Waals surface area contributed by atoms with Gasteiger partial charge in [-0.05, 0) is 38.0 Å². The average Bonchev–Trinajstić information content (AvgIpc) is 3.10. The number of benzene rings is 1. The van der Waals surface area contributed by atoms with E-state index in [-0.39, 0.29) is 24.0 Å². The van der Waals surface area contributed by atoms with Crippen LogP contribution in [0, 0.1) is 6.92 Å². The van der Waals surface area contributed by atoms with Gasteiger partial charge in [-0.3, -0.25) is 5.10 Å². The molecule has 0 amide bonds. The molecule has 0 atom stereocenters. The molecule has 0 fully saturated rings. The first kappa shape index (κ1) is 21.3. The Kier molecular flexibility index (Phi) is 9.98. The first-order chi connectivity index (χ1) is 11.7. The van der Waals surface area contributed by atoms with Crippen LogP contribution in [0.1, 0.15) is 37.1 Å². The molecule has 138 valence electrons. The second-order valence-electron chi connectivity index (χ2n) is 5.59. The summed E-state index contributed by atoms with van der Waals surface area (Å²) < 4.78 is 5.85. The largest absolute Gasteiger partial charge is 0.493 e. The predicted molar refractivity (Wildman–Crippen MR) is 113 cm³/mol. The summed E-state index contributed by atoms with van der Waals surface area (Å²) in [5.41, 5.74) is 3.30. The van der Waals surface area contributed by atoms with Crippen LogP contribution in [0.25, 0.3) is 0 Å². The summed E-state index contributed by atoms with van der Waals surface area (Å²) in [6.07, 6.45) is 2.73. The Morgan fingerprint density at radius 3 is 2.76 bits per heavy atom. The lowest BCUT2D eigenvalue weighted by atomic mass is 10.1. The van der Waals surface area contributed by atoms with Gasteiger partial charge in [0.1, 0.15) is 5.75 Å². The lowest BCUT2D eigenvalue weighted by Gasteiger charge is -2.13. The maximum absolute atomic E-state index is 5.85. The molecule has 2 aromatic rings. The third-order valence-electron chi connectivity index (χ3n) is 3.44. The number of hydrogen-bond acceptors (Lipinski definition) is 3. The summed E-state index contributed by atoms with van der Waals surface area (Å²) in [6, 6.07) is 8.19. The van der Waals surface area contributed by atoms with Crippen molar-refractivity contribution in [1.82, 2.24) is 20.8 Å². The summed E-state index contributed by atoms with van der Waals surface area (Å²) in [5.74, 6) is 1.69.